The van der Waals surface area contributed by atoms with Gasteiger partial charge in [0.25, 0.3) is 5.69 Å². The van der Waals surface area contributed by atoms with E-state index in [1.54, 1.807) is 6.07 Å². The van der Waals surface area contributed by atoms with Crippen LogP contribution in [-0.4, -0.2) is 12.0 Å². The van der Waals surface area contributed by atoms with Gasteiger partial charge in [-0.2, -0.15) is 0 Å². The second-order valence-corrected chi connectivity index (χ2v) is 3.65. The zero-order valence-corrected chi connectivity index (χ0v) is 9.59. The van der Waals surface area contributed by atoms with Crippen LogP contribution in [0.4, 0.5) is 10.1 Å². The summed E-state index contributed by atoms with van der Waals surface area (Å²) in [4.78, 5) is 10.5. The zero-order valence-electron chi connectivity index (χ0n) is 9.59. The number of methoxy groups -OCH3 is 1. The summed E-state index contributed by atoms with van der Waals surface area (Å²) in [6.07, 6.45) is 0. The van der Waals surface area contributed by atoms with Crippen molar-refractivity contribution >= 4 is 5.69 Å². The zero-order chi connectivity index (χ0) is 13.1. The first kappa shape index (κ1) is 12.0. The normalized spacial score (nSPS) is 10.1. The van der Waals surface area contributed by atoms with Crippen LogP contribution in [0.3, 0.4) is 0 Å². The van der Waals surface area contributed by atoms with E-state index in [0.717, 1.165) is 0 Å². The first-order valence-electron chi connectivity index (χ1n) is 5.20. The molecule has 0 aromatic heterocycles. The molecule has 18 heavy (non-hydrogen) atoms. The van der Waals surface area contributed by atoms with Crippen molar-refractivity contribution in [1.29, 1.82) is 0 Å². The van der Waals surface area contributed by atoms with Crippen molar-refractivity contribution < 1.29 is 14.1 Å². The lowest BCUT2D eigenvalue weighted by molar-refractivity contribution is -0.384. The molecule has 0 radical (unpaired) electrons. The van der Waals surface area contributed by atoms with Gasteiger partial charge in [0.2, 0.25) is 0 Å². The highest BCUT2D eigenvalue weighted by Gasteiger charge is 2.16. The molecule has 2 aromatic rings. The van der Waals surface area contributed by atoms with Crippen molar-refractivity contribution in [2.75, 3.05) is 7.11 Å². The number of rotatable bonds is 3. The summed E-state index contributed by atoms with van der Waals surface area (Å²) in [5.74, 6) is 0.0458. The van der Waals surface area contributed by atoms with Crippen LogP contribution >= 0.6 is 0 Å². The monoisotopic (exact) mass is 247 g/mol. The number of hydrogen-bond donors (Lipinski definition) is 0. The van der Waals surface area contributed by atoms with Crippen LogP contribution < -0.4 is 4.74 Å². The lowest BCUT2D eigenvalue weighted by Crippen LogP contribution is -1.93. The number of hydrogen-bond acceptors (Lipinski definition) is 3. The fourth-order valence-electron chi connectivity index (χ4n) is 1.69. The molecule has 0 spiro atoms. The van der Waals surface area contributed by atoms with E-state index in [2.05, 4.69) is 0 Å². The molecule has 0 amide bonds. The van der Waals surface area contributed by atoms with E-state index in [1.807, 2.05) is 0 Å². The van der Waals surface area contributed by atoms with Gasteiger partial charge in [0, 0.05) is 6.07 Å². The van der Waals surface area contributed by atoms with E-state index < -0.39 is 10.7 Å². The molecular weight excluding hydrogens is 237 g/mol. The maximum atomic E-state index is 13.2. The Kier molecular flexibility index (Phi) is 3.23. The Balaban J connectivity index is 2.63. The highest BCUT2D eigenvalue weighted by Crippen LogP contribution is 2.33. The third-order valence-corrected chi connectivity index (χ3v) is 2.54. The average Bonchev–Trinajstić information content (AvgIpc) is 2.38. The summed E-state index contributed by atoms with van der Waals surface area (Å²) in [7, 11) is 1.47. The topological polar surface area (TPSA) is 52.4 Å². The molecule has 2 aromatic carbocycles. The average molecular weight is 247 g/mol. The minimum atomic E-state index is -0.500. The molecule has 0 aliphatic heterocycles. The van der Waals surface area contributed by atoms with Crippen LogP contribution in [0.15, 0.2) is 42.5 Å². The van der Waals surface area contributed by atoms with Gasteiger partial charge >= 0.3 is 0 Å². The molecule has 0 saturated heterocycles. The molecule has 0 bridgehead atoms. The summed E-state index contributed by atoms with van der Waals surface area (Å²) in [6, 6.07) is 10.0. The Labute approximate surface area is 103 Å². The van der Waals surface area contributed by atoms with E-state index in [4.69, 9.17) is 4.74 Å². The second-order valence-electron chi connectivity index (χ2n) is 3.65. The number of benzene rings is 2. The Morgan fingerprint density at radius 1 is 1.22 bits per heavy atom. The number of nitrogens with zero attached hydrogens (tertiary/aromatic N) is 1. The lowest BCUT2D eigenvalue weighted by atomic mass is 10.0. The van der Waals surface area contributed by atoms with Crippen LogP contribution in [0, 0.1) is 15.9 Å². The lowest BCUT2D eigenvalue weighted by Gasteiger charge is -2.06. The van der Waals surface area contributed by atoms with Gasteiger partial charge in [-0.1, -0.05) is 12.1 Å². The van der Waals surface area contributed by atoms with Crippen LogP contribution in [0.5, 0.6) is 5.75 Å². The third kappa shape index (κ3) is 2.29. The molecular formula is C13H10FNO3. The number of halogens is 1. The predicted octanol–water partition coefficient (Wildman–Crippen LogP) is 3.41. The molecule has 0 heterocycles. The van der Waals surface area contributed by atoms with Crippen LogP contribution in [-0.2, 0) is 0 Å². The van der Waals surface area contributed by atoms with Gasteiger partial charge in [0.15, 0.2) is 0 Å². The fraction of sp³-hybridized carbons (Fsp3) is 0.0769. The highest BCUT2D eigenvalue weighted by atomic mass is 19.1. The van der Waals surface area contributed by atoms with Crippen molar-refractivity contribution in [2.45, 2.75) is 0 Å². The van der Waals surface area contributed by atoms with Crippen LogP contribution in [0.2, 0.25) is 0 Å². The summed E-state index contributed by atoms with van der Waals surface area (Å²) in [5, 5.41) is 11.0. The van der Waals surface area contributed by atoms with Crippen molar-refractivity contribution in [2.24, 2.45) is 0 Å². The van der Waals surface area contributed by atoms with E-state index in [0.29, 0.717) is 16.9 Å². The smallest absolute Gasteiger partial charge is 0.277 e. The van der Waals surface area contributed by atoms with Gasteiger partial charge < -0.3 is 4.74 Å². The minimum absolute atomic E-state index is 0.0820. The Bertz CT molecular complexity index is 599. The molecule has 0 aliphatic rings. The van der Waals surface area contributed by atoms with Crippen molar-refractivity contribution in [3.63, 3.8) is 0 Å². The van der Waals surface area contributed by atoms with Gasteiger partial charge in [0.1, 0.15) is 11.6 Å². The predicted molar refractivity (Wildman–Crippen MR) is 65.0 cm³/mol. The van der Waals surface area contributed by atoms with E-state index >= 15 is 0 Å². The largest absolute Gasteiger partial charge is 0.497 e. The maximum absolute atomic E-state index is 13.2. The molecule has 0 saturated carbocycles. The Hall–Kier alpha value is -2.43. The summed E-state index contributed by atoms with van der Waals surface area (Å²) in [5.41, 5.74) is 0.695. The Morgan fingerprint density at radius 2 is 2.00 bits per heavy atom. The molecule has 92 valence electrons. The third-order valence-electron chi connectivity index (χ3n) is 2.54. The number of nitro groups is 1. The van der Waals surface area contributed by atoms with E-state index in [9.17, 15) is 14.5 Å². The van der Waals surface area contributed by atoms with Crippen LogP contribution in [0.25, 0.3) is 11.1 Å². The maximum Gasteiger partial charge on any atom is 0.277 e. The van der Waals surface area contributed by atoms with Crippen molar-refractivity contribution in [3.05, 3.63) is 58.4 Å². The second kappa shape index (κ2) is 4.83. The number of nitro benzene ring substituents is 1. The highest BCUT2D eigenvalue weighted by molar-refractivity contribution is 5.74. The quantitative estimate of drug-likeness (QED) is 0.617. The molecule has 0 N–H and O–H groups in total. The summed E-state index contributed by atoms with van der Waals surface area (Å²) < 4.78 is 18.2. The number of ether oxygens (including phenoxy) is 1. The van der Waals surface area contributed by atoms with E-state index in [-0.39, 0.29) is 5.69 Å². The van der Waals surface area contributed by atoms with E-state index in [1.165, 1.54) is 43.5 Å². The molecule has 0 unspecified atom stereocenters. The summed E-state index contributed by atoms with van der Waals surface area (Å²) >= 11 is 0. The van der Waals surface area contributed by atoms with Crippen molar-refractivity contribution in [1.82, 2.24) is 0 Å². The first-order chi connectivity index (χ1) is 8.61. The fourth-order valence-corrected chi connectivity index (χ4v) is 1.69. The van der Waals surface area contributed by atoms with Gasteiger partial charge in [0.05, 0.1) is 17.6 Å². The van der Waals surface area contributed by atoms with Gasteiger partial charge in [-0.3, -0.25) is 10.1 Å². The molecule has 4 nitrogen and oxygen atoms in total. The standard InChI is InChI=1S/C13H10FNO3/c1-18-11-5-6-13(15(16)17)12(8-11)9-3-2-4-10(14)7-9/h2-8H,1H3. The Morgan fingerprint density at radius 3 is 2.61 bits per heavy atom. The SMILES string of the molecule is COc1ccc([N+](=O)[O-])c(-c2cccc(F)c2)c1. The molecule has 2 rings (SSSR count). The molecule has 0 fully saturated rings. The minimum Gasteiger partial charge on any atom is -0.497 e. The molecule has 0 aliphatic carbocycles. The first-order valence-corrected chi connectivity index (χ1v) is 5.20. The van der Waals surface area contributed by atoms with Gasteiger partial charge in [-0.25, -0.2) is 4.39 Å². The molecule has 0 atom stereocenters. The van der Waals surface area contributed by atoms with Gasteiger partial charge in [-0.15, -0.1) is 0 Å². The molecule has 5 heteroatoms. The van der Waals surface area contributed by atoms with Gasteiger partial charge in [-0.05, 0) is 29.8 Å². The van der Waals surface area contributed by atoms with Crippen LogP contribution in [0.1, 0.15) is 0 Å². The van der Waals surface area contributed by atoms with Crippen molar-refractivity contribution in [3.8, 4) is 16.9 Å². The summed E-state index contributed by atoms with van der Waals surface area (Å²) in [6.45, 7) is 0.